The fourth-order valence-corrected chi connectivity index (χ4v) is 1.53. The van der Waals surface area contributed by atoms with Gasteiger partial charge in [-0.05, 0) is 31.2 Å². The first-order valence-corrected chi connectivity index (χ1v) is 6.27. The number of carbonyl (C=O) groups excluding carboxylic acids is 1. The molecule has 0 fully saturated rings. The lowest BCUT2D eigenvalue weighted by Crippen LogP contribution is -2.07. The van der Waals surface area contributed by atoms with E-state index >= 15 is 0 Å². The van der Waals surface area contributed by atoms with Crippen molar-refractivity contribution in [2.24, 2.45) is 0 Å². The fourth-order valence-electron chi connectivity index (χ4n) is 1.53. The van der Waals surface area contributed by atoms with E-state index in [-0.39, 0.29) is 12.5 Å². The van der Waals surface area contributed by atoms with Gasteiger partial charge in [-0.2, -0.15) is 0 Å². The Balaban J connectivity index is 2.15. The number of aromatic nitrogens is 1. The Bertz CT molecular complexity index is 594. The molecule has 0 saturated carbocycles. The van der Waals surface area contributed by atoms with E-state index in [0.717, 1.165) is 0 Å². The second-order valence-electron chi connectivity index (χ2n) is 3.94. The number of rotatable bonds is 5. The largest absolute Gasteiger partial charge is 0.458 e. The molecule has 0 aliphatic rings. The summed E-state index contributed by atoms with van der Waals surface area (Å²) in [5, 5.41) is 0. The van der Waals surface area contributed by atoms with Gasteiger partial charge in [0.2, 0.25) is 5.88 Å². The zero-order valence-electron chi connectivity index (χ0n) is 11.2. The van der Waals surface area contributed by atoms with Crippen LogP contribution in [0.5, 0.6) is 11.6 Å². The SMILES string of the molecule is C/C=C/COC(=O)c1cccnc1Oc1ccccc1. The molecule has 1 heterocycles. The van der Waals surface area contributed by atoms with Crippen LogP contribution in [0, 0.1) is 0 Å². The van der Waals surface area contributed by atoms with E-state index in [0.29, 0.717) is 11.3 Å². The predicted molar refractivity (Wildman–Crippen MR) is 75.8 cm³/mol. The molecule has 0 radical (unpaired) electrons. The highest BCUT2D eigenvalue weighted by atomic mass is 16.5. The number of hydrogen-bond donors (Lipinski definition) is 0. The average molecular weight is 269 g/mol. The summed E-state index contributed by atoms with van der Waals surface area (Å²) in [5.41, 5.74) is 0.306. The van der Waals surface area contributed by atoms with Gasteiger partial charge in [-0.3, -0.25) is 0 Å². The Hall–Kier alpha value is -2.62. The molecule has 0 amide bonds. The van der Waals surface area contributed by atoms with Crippen molar-refractivity contribution in [1.82, 2.24) is 4.98 Å². The summed E-state index contributed by atoms with van der Waals surface area (Å²) in [6.07, 6.45) is 5.14. The lowest BCUT2D eigenvalue weighted by atomic mass is 10.2. The van der Waals surface area contributed by atoms with Crippen molar-refractivity contribution in [3.8, 4) is 11.6 Å². The highest BCUT2D eigenvalue weighted by Gasteiger charge is 2.15. The van der Waals surface area contributed by atoms with Crippen LogP contribution in [0.15, 0.2) is 60.8 Å². The number of carbonyl (C=O) groups is 1. The summed E-state index contributed by atoms with van der Waals surface area (Å²) in [6.45, 7) is 2.09. The first kappa shape index (κ1) is 13.8. The Labute approximate surface area is 117 Å². The van der Waals surface area contributed by atoms with Crippen molar-refractivity contribution in [3.63, 3.8) is 0 Å². The monoisotopic (exact) mass is 269 g/mol. The van der Waals surface area contributed by atoms with Crippen LogP contribution in [-0.2, 0) is 4.74 Å². The van der Waals surface area contributed by atoms with Crippen LogP contribution in [-0.4, -0.2) is 17.6 Å². The van der Waals surface area contributed by atoms with E-state index in [1.54, 1.807) is 36.5 Å². The molecule has 0 unspecified atom stereocenters. The van der Waals surface area contributed by atoms with Gasteiger partial charge in [0.05, 0.1) is 0 Å². The number of hydrogen-bond acceptors (Lipinski definition) is 4. The number of ether oxygens (including phenoxy) is 2. The molecule has 4 nitrogen and oxygen atoms in total. The Morgan fingerprint density at radius 3 is 2.75 bits per heavy atom. The molecule has 0 atom stereocenters. The number of nitrogens with zero attached hydrogens (tertiary/aromatic N) is 1. The maximum atomic E-state index is 12.0. The molecule has 1 aromatic heterocycles. The van der Waals surface area contributed by atoms with Crippen LogP contribution in [0.4, 0.5) is 0 Å². The smallest absolute Gasteiger partial charge is 0.343 e. The van der Waals surface area contributed by atoms with E-state index in [4.69, 9.17) is 9.47 Å². The van der Waals surface area contributed by atoms with E-state index in [9.17, 15) is 4.79 Å². The Morgan fingerprint density at radius 2 is 2.00 bits per heavy atom. The first-order chi connectivity index (χ1) is 9.81. The van der Waals surface area contributed by atoms with Crippen LogP contribution >= 0.6 is 0 Å². The van der Waals surface area contributed by atoms with Gasteiger partial charge < -0.3 is 9.47 Å². The second kappa shape index (κ2) is 7.09. The molecular weight excluding hydrogens is 254 g/mol. The van der Waals surface area contributed by atoms with Crippen molar-refractivity contribution in [2.45, 2.75) is 6.92 Å². The predicted octanol–water partition coefficient (Wildman–Crippen LogP) is 3.61. The van der Waals surface area contributed by atoms with Crippen molar-refractivity contribution in [3.05, 3.63) is 66.4 Å². The molecule has 0 aliphatic heterocycles. The van der Waals surface area contributed by atoms with Gasteiger partial charge >= 0.3 is 5.97 Å². The molecule has 2 rings (SSSR count). The van der Waals surface area contributed by atoms with Crippen molar-refractivity contribution in [2.75, 3.05) is 6.61 Å². The Morgan fingerprint density at radius 1 is 1.20 bits per heavy atom. The molecule has 1 aromatic carbocycles. The highest BCUT2D eigenvalue weighted by molar-refractivity contribution is 5.91. The summed E-state index contributed by atoms with van der Waals surface area (Å²) in [6, 6.07) is 12.5. The summed E-state index contributed by atoms with van der Waals surface area (Å²) in [7, 11) is 0. The average Bonchev–Trinajstić information content (AvgIpc) is 2.49. The molecule has 4 heteroatoms. The van der Waals surface area contributed by atoms with Crippen molar-refractivity contribution in [1.29, 1.82) is 0 Å². The summed E-state index contributed by atoms with van der Waals surface area (Å²) in [4.78, 5) is 16.0. The first-order valence-electron chi connectivity index (χ1n) is 6.27. The molecule has 20 heavy (non-hydrogen) atoms. The van der Waals surface area contributed by atoms with Gasteiger partial charge in [0.15, 0.2) is 0 Å². The number of pyridine rings is 1. The van der Waals surface area contributed by atoms with Crippen LogP contribution in [0.2, 0.25) is 0 Å². The van der Waals surface area contributed by atoms with Gasteiger partial charge in [0.25, 0.3) is 0 Å². The molecule has 0 bridgehead atoms. The molecule has 0 spiro atoms. The van der Waals surface area contributed by atoms with Gasteiger partial charge in [-0.25, -0.2) is 9.78 Å². The van der Waals surface area contributed by atoms with E-state index in [1.807, 2.05) is 31.2 Å². The quantitative estimate of drug-likeness (QED) is 0.614. The van der Waals surface area contributed by atoms with Crippen LogP contribution < -0.4 is 4.74 Å². The molecule has 0 aliphatic carbocycles. The number of allylic oxidation sites excluding steroid dienone is 1. The van der Waals surface area contributed by atoms with E-state index in [2.05, 4.69) is 4.98 Å². The maximum absolute atomic E-state index is 12.0. The fraction of sp³-hybridized carbons (Fsp3) is 0.125. The molecule has 2 aromatic rings. The lowest BCUT2D eigenvalue weighted by Gasteiger charge is -2.08. The zero-order valence-corrected chi connectivity index (χ0v) is 11.2. The third kappa shape index (κ3) is 3.68. The molecule has 0 N–H and O–H groups in total. The van der Waals surface area contributed by atoms with Crippen molar-refractivity contribution < 1.29 is 14.3 Å². The lowest BCUT2D eigenvalue weighted by molar-refractivity contribution is 0.0546. The molecular formula is C16H15NO3. The summed E-state index contributed by atoms with van der Waals surface area (Å²) < 4.78 is 10.7. The number of benzene rings is 1. The maximum Gasteiger partial charge on any atom is 0.343 e. The van der Waals surface area contributed by atoms with Gasteiger partial charge in [-0.15, -0.1) is 0 Å². The summed E-state index contributed by atoms with van der Waals surface area (Å²) in [5.74, 6) is 0.403. The molecule has 0 saturated heterocycles. The van der Waals surface area contributed by atoms with Crippen LogP contribution in [0.1, 0.15) is 17.3 Å². The topological polar surface area (TPSA) is 48.4 Å². The third-order valence-corrected chi connectivity index (χ3v) is 2.50. The minimum absolute atomic E-state index is 0.231. The van der Waals surface area contributed by atoms with Crippen LogP contribution in [0.3, 0.4) is 0 Å². The van der Waals surface area contributed by atoms with Crippen LogP contribution in [0.25, 0.3) is 0 Å². The number of para-hydroxylation sites is 1. The molecule has 102 valence electrons. The number of esters is 1. The standard InChI is InChI=1S/C16H15NO3/c1-2-3-12-19-16(18)14-10-7-11-17-15(14)20-13-8-5-4-6-9-13/h2-11H,12H2,1H3/b3-2+. The minimum atomic E-state index is -0.456. The Kier molecular flexibility index (Phi) is 4.89. The minimum Gasteiger partial charge on any atom is -0.458 e. The normalized spacial score (nSPS) is 10.4. The highest BCUT2D eigenvalue weighted by Crippen LogP contribution is 2.22. The summed E-state index contributed by atoms with van der Waals surface area (Å²) >= 11 is 0. The third-order valence-electron chi connectivity index (χ3n) is 2.50. The van der Waals surface area contributed by atoms with Gasteiger partial charge in [-0.1, -0.05) is 30.4 Å². The second-order valence-corrected chi connectivity index (χ2v) is 3.94. The van der Waals surface area contributed by atoms with E-state index in [1.165, 1.54) is 0 Å². The van der Waals surface area contributed by atoms with Crippen molar-refractivity contribution >= 4 is 5.97 Å². The zero-order chi connectivity index (χ0) is 14.2. The van der Waals surface area contributed by atoms with Gasteiger partial charge in [0.1, 0.15) is 17.9 Å². The van der Waals surface area contributed by atoms with Gasteiger partial charge in [0, 0.05) is 6.20 Å². The van der Waals surface area contributed by atoms with E-state index < -0.39 is 5.97 Å².